The Labute approximate surface area is 182 Å². The van der Waals surface area contributed by atoms with Crippen molar-refractivity contribution < 1.29 is 23.3 Å². The summed E-state index contributed by atoms with van der Waals surface area (Å²) in [5.74, 6) is -0.218. The van der Waals surface area contributed by atoms with Gasteiger partial charge < -0.3 is 24.9 Å². The van der Waals surface area contributed by atoms with Gasteiger partial charge in [0.1, 0.15) is 5.82 Å². The maximum Gasteiger partial charge on any atom is 0.309 e. The molecule has 1 atom stereocenters. The van der Waals surface area contributed by atoms with Gasteiger partial charge >= 0.3 is 11.8 Å². The van der Waals surface area contributed by atoms with E-state index >= 15 is 0 Å². The molecule has 2 heterocycles. The summed E-state index contributed by atoms with van der Waals surface area (Å²) in [5.41, 5.74) is 1.00. The van der Waals surface area contributed by atoms with Gasteiger partial charge in [-0.25, -0.2) is 4.39 Å². The first-order chi connectivity index (χ1) is 14.9. The highest BCUT2D eigenvalue weighted by atomic mass is 19.1. The Morgan fingerprint density at radius 2 is 1.77 bits per heavy atom. The average molecular weight is 432 g/mol. The normalized spacial score (nSPS) is 15.7. The highest BCUT2D eigenvalue weighted by Crippen LogP contribution is 2.16. The molecule has 7 nitrogen and oxygen atoms in total. The van der Waals surface area contributed by atoms with Crippen LogP contribution in [0.3, 0.4) is 0 Å². The standard InChI is InChI=1S/C23H31FN4O3/c1-17(2)9-10-25-22(29)23(30)26-16-20(21-4-3-15-31-21)28-13-11-27(12-14-28)19-7-5-18(24)6-8-19/h3-8,15,17,20H,9-14,16H2,1-2H3,(H,25,29)(H,26,30)/p+1/t20-/m1/s1. The maximum absolute atomic E-state index is 13.2. The Morgan fingerprint density at radius 1 is 1.10 bits per heavy atom. The van der Waals surface area contributed by atoms with Crippen molar-refractivity contribution in [3.05, 3.63) is 54.2 Å². The summed E-state index contributed by atoms with van der Waals surface area (Å²) in [6.45, 7) is 8.22. The van der Waals surface area contributed by atoms with E-state index < -0.39 is 11.8 Å². The first-order valence-electron chi connectivity index (χ1n) is 10.9. The van der Waals surface area contributed by atoms with Gasteiger partial charge in [0.2, 0.25) is 0 Å². The number of rotatable bonds is 8. The molecule has 1 aromatic heterocycles. The molecule has 0 aliphatic carbocycles. The minimum absolute atomic E-state index is 0.0854. The highest BCUT2D eigenvalue weighted by Gasteiger charge is 2.31. The fourth-order valence-corrected chi connectivity index (χ4v) is 3.82. The summed E-state index contributed by atoms with van der Waals surface area (Å²) >= 11 is 0. The predicted molar refractivity (Wildman–Crippen MR) is 116 cm³/mol. The van der Waals surface area contributed by atoms with Crippen LogP contribution in [0.5, 0.6) is 0 Å². The summed E-state index contributed by atoms with van der Waals surface area (Å²) in [6, 6.07) is 10.2. The second kappa shape index (κ2) is 10.9. The fourth-order valence-electron chi connectivity index (χ4n) is 3.82. The molecule has 1 aromatic carbocycles. The van der Waals surface area contributed by atoms with E-state index in [1.54, 1.807) is 18.4 Å². The SMILES string of the molecule is CC(C)CCNC(=O)C(=O)NC[C@H](c1ccco1)[NH+]1CCN(c2ccc(F)cc2)CC1. The Bertz CT molecular complexity index is 831. The zero-order valence-corrected chi connectivity index (χ0v) is 18.2. The van der Waals surface area contributed by atoms with Gasteiger partial charge in [-0.05, 0) is 48.7 Å². The molecule has 0 radical (unpaired) electrons. The summed E-state index contributed by atoms with van der Waals surface area (Å²) < 4.78 is 18.8. The van der Waals surface area contributed by atoms with E-state index in [4.69, 9.17) is 4.42 Å². The van der Waals surface area contributed by atoms with Crippen LogP contribution in [0.25, 0.3) is 0 Å². The Hall–Kier alpha value is -2.87. The van der Waals surface area contributed by atoms with E-state index in [9.17, 15) is 14.0 Å². The number of carbonyl (C=O) groups excluding carboxylic acids is 2. The number of nitrogens with one attached hydrogen (secondary N) is 3. The molecule has 0 bridgehead atoms. The van der Waals surface area contributed by atoms with E-state index in [0.717, 1.165) is 44.0 Å². The summed E-state index contributed by atoms with van der Waals surface area (Å²) in [4.78, 5) is 27.8. The van der Waals surface area contributed by atoms with E-state index in [1.807, 2.05) is 12.1 Å². The van der Waals surface area contributed by atoms with Gasteiger partial charge in [0.05, 0.1) is 39.0 Å². The predicted octanol–water partition coefficient (Wildman–Crippen LogP) is 1.14. The molecule has 0 spiro atoms. The number of anilines is 1. The van der Waals surface area contributed by atoms with Crippen molar-refractivity contribution in [2.24, 2.45) is 5.92 Å². The third-order valence-electron chi connectivity index (χ3n) is 5.66. The van der Waals surface area contributed by atoms with Crippen molar-refractivity contribution in [2.45, 2.75) is 26.3 Å². The zero-order valence-electron chi connectivity index (χ0n) is 18.2. The minimum atomic E-state index is -0.621. The third-order valence-corrected chi connectivity index (χ3v) is 5.66. The lowest BCUT2D eigenvalue weighted by Crippen LogP contribution is -3.15. The number of hydrogen-bond donors (Lipinski definition) is 3. The fraction of sp³-hybridized carbons (Fsp3) is 0.478. The molecule has 8 heteroatoms. The molecular formula is C23H32FN4O3+. The first kappa shape index (κ1) is 22.8. The minimum Gasteiger partial charge on any atom is -0.463 e. The summed E-state index contributed by atoms with van der Waals surface area (Å²) in [5, 5.41) is 5.43. The number of hydrogen-bond acceptors (Lipinski definition) is 4. The second-order valence-corrected chi connectivity index (χ2v) is 8.34. The Kier molecular flexibility index (Phi) is 8.06. The van der Waals surface area contributed by atoms with Crippen LogP contribution in [-0.2, 0) is 9.59 Å². The zero-order chi connectivity index (χ0) is 22.2. The third kappa shape index (κ3) is 6.55. The number of nitrogens with zero attached hydrogens (tertiary/aromatic N) is 1. The van der Waals surface area contributed by atoms with Crippen LogP contribution in [0.15, 0.2) is 47.1 Å². The van der Waals surface area contributed by atoms with Crippen molar-refractivity contribution in [3.8, 4) is 0 Å². The van der Waals surface area contributed by atoms with Crippen molar-refractivity contribution in [1.29, 1.82) is 0 Å². The van der Waals surface area contributed by atoms with Crippen LogP contribution in [0.4, 0.5) is 10.1 Å². The van der Waals surface area contributed by atoms with Crippen LogP contribution in [0, 0.1) is 11.7 Å². The van der Waals surface area contributed by atoms with E-state index in [-0.39, 0.29) is 11.9 Å². The number of amides is 2. The molecule has 1 aliphatic rings. The average Bonchev–Trinajstić information content (AvgIpc) is 3.29. The molecule has 168 valence electrons. The lowest BCUT2D eigenvalue weighted by molar-refractivity contribution is -0.932. The summed E-state index contributed by atoms with van der Waals surface area (Å²) in [7, 11) is 0. The van der Waals surface area contributed by atoms with E-state index in [1.165, 1.54) is 17.0 Å². The molecular weight excluding hydrogens is 399 g/mol. The topological polar surface area (TPSA) is 79.0 Å². The van der Waals surface area contributed by atoms with Crippen LogP contribution in [0.1, 0.15) is 32.1 Å². The van der Waals surface area contributed by atoms with Gasteiger partial charge in [0.15, 0.2) is 11.8 Å². The highest BCUT2D eigenvalue weighted by molar-refractivity contribution is 6.35. The monoisotopic (exact) mass is 431 g/mol. The van der Waals surface area contributed by atoms with Crippen molar-refractivity contribution in [1.82, 2.24) is 10.6 Å². The van der Waals surface area contributed by atoms with Crippen LogP contribution in [0.2, 0.25) is 0 Å². The number of piperazine rings is 1. The second-order valence-electron chi connectivity index (χ2n) is 8.34. The van der Waals surface area contributed by atoms with Crippen molar-refractivity contribution >= 4 is 17.5 Å². The number of benzene rings is 1. The number of quaternary nitrogens is 1. The molecule has 3 rings (SSSR count). The van der Waals surface area contributed by atoms with Gasteiger partial charge in [-0.2, -0.15) is 0 Å². The summed E-state index contributed by atoms with van der Waals surface area (Å²) in [6.07, 6.45) is 2.45. The first-order valence-corrected chi connectivity index (χ1v) is 10.9. The smallest absolute Gasteiger partial charge is 0.309 e. The molecule has 2 aromatic rings. The Balaban J connectivity index is 1.55. The van der Waals surface area contributed by atoms with Crippen molar-refractivity contribution in [3.63, 3.8) is 0 Å². The number of halogens is 1. The van der Waals surface area contributed by atoms with Crippen LogP contribution >= 0.6 is 0 Å². The van der Waals surface area contributed by atoms with Gasteiger partial charge in [0.25, 0.3) is 0 Å². The molecule has 1 aliphatic heterocycles. The largest absolute Gasteiger partial charge is 0.463 e. The Morgan fingerprint density at radius 3 is 2.39 bits per heavy atom. The lowest BCUT2D eigenvalue weighted by Gasteiger charge is -2.37. The number of furan rings is 1. The van der Waals surface area contributed by atoms with E-state index in [0.29, 0.717) is 19.0 Å². The number of carbonyl (C=O) groups is 2. The quantitative estimate of drug-likeness (QED) is 0.548. The van der Waals surface area contributed by atoms with Gasteiger partial charge in [-0.3, -0.25) is 9.59 Å². The molecule has 0 unspecified atom stereocenters. The van der Waals surface area contributed by atoms with Crippen LogP contribution in [-0.4, -0.2) is 51.1 Å². The van der Waals surface area contributed by atoms with Gasteiger partial charge in [-0.15, -0.1) is 0 Å². The molecule has 2 amide bonds. The maximum atomic E-state index is 13.2. The van der Waals surface area contributed by atoms with E-state index in [2.05, 4.69) is 29.4 Å². The van der Waals surface area contributed by atoms with Gasteiger partial charge in [-0.1, -0.05) is 13.8 Å². The molecule has 0 saturated carbocycles. The van der Waals surface area contributed by atoms with Crippen LogP contribution < -0.4 is 20.4 Å². The van der Waals surface area contributed by atoms with Crippen molar-refractivity contribution in [2.75, 3.05) is 44.2 Å². The molecule has 1 saturated heterocycles. The molecule has 1 fully saturated rings. The lowest BCUT2D eigenvalue weighted by atomic mass is 10.1. The molecule has 31 heavy (non-hydrogen) atoms. The van der Waals surface area contributed by atoms with Gasteiger partial charge in [0, 0.05) is 12.2 Å². The molecule has 3 N–H and O–H groups in total.